The molecule has 3 aliphatic rings. The highest BCUT2D eigenvalue weighted by Gasteiger charge is 2.36. The molecule has 0 bridgehead atoms. The van der Waals surface area contributed by atoms with Crippen LogP contribution in [0, 0.1) is 4.77 Å². The minimum absolute atomic E-state index is 0.633. The molecule has 5 heteroatoms. The minimum atomic E-state index is 0.633. The van der Waals surface area contributed by atoms with Crippen LogP contribution in [0.2, 0.25) is 0 Å². The smallest absolute Gasteiger partial charge is 0.199 e. The monoisotopic (exact) mass is 326 g/mol. The van der Waals surface area contributed by atoms with Gasteiger partial charge in [-0.25, -0.2) is 4.68 Å². The molecule has 4 nitrogen and oxygen atoms in total. The highest BCUT2D eigenvalue weighted by Crippen LogP contribution is 2.44. The zero-order chi connectivity index (χ0) is 15.4. The van der Waals surface area contributed by atoms with Crippen LogP contribution in [0.3, 0.4) is 0 Å². The van der Waals surface area contributed by atoms with Crippen molar-refractivity contribution in [2.75, 3.05) is 6.54 Å². The Kier molecular flexibility index (Phi) is 3.20. The summed E-state index contributed by atoms with van der Waals surface area (Å²) in [7, 11) is 0. The van der Waals surface area contributed by atoms with Gasteiger partial charge in [0.25, 0.3) is 0 Å². The molecule has 0 unspecified atom stereocenters. The molecule has 0 amide bonds. The zero-order valence-corrected chi connectivity index (χ0v) is 14.1. The lowest BCUT2D eigenvalue weighted by Gasteiger charge is -2.28. The van der Waals surface area contributed by atoms with Gasteiger partial charge in [-0.15, -0.1) is 0 Å². The average molecular weight is 326 g/mol. The molecule has 0 radical (unpaired) electrons. The van der Waals surface area contributed by atoms with Crippen molar-refractivity contribution in [1.82, 2.24) is 19.2 Å². The first-order chi connectivity index (χ1) is 11.3. The van der Waals surface area contributed by atoms with E-state index in [4.69, 9.17) is 17.3 Å². The number of rotatable bonds is 4. The highest BCUT2D eigenvalue weighted by molar-refractivity contribution is 7.71. The Hall–Kier alpha value is -1.46. The second-order valence-electron chi connectivity index (χ2n) is 7.23. The van der Waals surface area contributed by atoms with E-state index in [1.54, 1.807) is 0 Å². The van der Waals surface area contributed by atoms with Gasteiger partial charge in [0, 0.05) is 25.0 Å². The molecule has 0 atom stereocenters. The van der Waals surface area contributed by atoms with Gasteiger partial charge in [-0.1, -0.05) is 24.3 Å². The summed E-state index contributed by atoms with van der Waals surface area (Å²) in [5, 5.41) is 4.92. The Bertz CT molecular complexity index is 798. The number of nitrogens with zero attached hydrogens (tertiary/aromatic N) is 4. The van der Waals surface area contributed by atoms with E-state index >= 15 is 0 Å². The molecule has 120 valence electrons. The Labute approximate surface area is 141 Å². The molecule has 2 fully saturated rings. The molecule has 2 aliphatic carbocycles. The lowest BCUT2D eigenvalue weighted by atomic mass is 10.0. The molecule has 5 rings (SSSR count). The van der Waals surface area contributed by atoms with Crippen molar-refractivity contribution < 1.29 is 0 Å². The fraction of sp³-hybridized carbons (Fsp3) is 0.556. The number of hydrogen-bond donors (Lipinski definition) is 0. The maximum atomic E-state index is 5.76. The van der Waals surface area contributed by atoms with Crippen LogP contribution in [0.4, 0.5) is 0 Å². The Morgan fingerprint density at radius 1 is 1.09 bits per heavy atom. The Morgan fingerprint density at radius 2 is 1.87 bits per heavy atom. The predicted molar refractivity (Wildman–Crippen MR) is 91.9 cm³/mol. The van der Waals surface area contributed by atoms with Gasteiger partial charge in [0.15, 0.2) is 4.77 Å². The van der Waals surface area contributed by atoms with Crippen LogP contribution in [-0.4, -0.2) is 25.8 Å². The molecule has 23 heavy (non-hydrogen) atoms. The summed E-state index contributed by atoms with van der Waals surface area (Å²) in [5.41, 5.74) is 2.95. The normalized spacial score (nSPS) is 21.4. The van der Waals surface area contributed by atoms with Crippen molar-refractivity contribution in [1.29, 1.82) is 0 Å². The largest absolute Gasteiger partial charge is 0.301 e. The van der Waals surface area contributed by atoms with E-state index in [0.717, 1.165) is 31.0 Å². The van der Waals surface area contributed by atoms with Crippen LogP contribution in [-0.2, 0) is 19.6 Å². The SMILES string of the molecule is S=c1n(CN2CCc3ccccc3C2)nc(C2CC2)n1C1CC1. The predicted octanol–water partition coefficient (Wildman–Crippen LogP) is 3.64. The highest BCUT2D eigenvalue weighted by atomic mass is 32.1. The van der Waals surface area contributed by atoms with Gasteiger partial charge in [-0.05, 0) is 55.4 Å². The third-order valence-corrected chi connectivity index (χ3v) is 5.70. The number of aromatic nitrogens is 3. The third-order valence-electron chi connectivity index (χ3n) is 5.30. The summed E-state index contributed by atoms with van der Waals surface area (Å²) >= 11 is 5.76. The summed E-state index contributed by atoms with van der Waals surface area (Å²) in [6.45, 7) is 2.92. The standard InChI is InChI=1S/C18H22N4S/c23-18-21(19-17(14-5-6-14)22(18)16-7-8-16)12-20-10-9-13-3-1-2-4-15(13)11-20/h1-4,14,16H,5-12H2. The molecule has 1 aliphatic heterocycles. The van der Waals surface area contributed by atoms with Crippen molar-refractivity contribution in [2.24, 2.45) is 0 Å². The third kappa shape index (κ3) is 2.56. The van der Waals surface area contributed by atoms with Gasteiger partial charge >= 0.3 is 0 Å². The van der Waals surface area contributed by atoms with Crippen molar-refractivity contribution in [3.05, 3.63) is 46.0 Å². The van der Waals surface area contributed by atoms with E-state index in [9.17, 15) is 0 Å². The molecular formula is C18H22N4S. The van der Waals surface area contributed by atoms with Gasteiger partial charge in [0.1, 0.15) is 5.82 Å². The number of benzene rings is 1. The van der Waals surface area contributed by atoms with E-state index in [0.29, 0.717) is 12.0 Å². The maximum Gasteiger partial charge on any atom is 0.199 e. The summed E-state index contributed by atoms with van der Waals surface area (Å²) in [5.74, 6) is 1.93. The van der Waals surface area contributed by atoms with Crippen LogP contribution >= 0.6 is 12.2 Å². The number of hydrogen-bond acceptors (Lipinski definition) is 3. The van der Waals surface area contributed by atoms with Crippen LogP contribution in [0.1, 0.15) is 54.6 Å². The lowest BCUT2D eigenvalue weighted by molar-refractivity contribution is 0.187. The first-order valence-corrected chi connectivity index (χ1v) is 9.19. The summed E-state index contributed by atoms with van der Waals surface area (Å²) in [4.78, 5) is 2.47. The van der Waals surface area contributed by atoms with Crippen LogP contribution in [0.25, 0.3) is 0 Å². The first-order valence-electron chi connectivity index (χ1n) is 8.78. The first kappa shape index (κ1) is 13.9. The molecule has 0 N–H and O–H groups in total. The lowest BCUT2D eigenvalue weighted by Crippen LogP contribution is -2.32. The quantitative estimate of drug-likeness (QED) is 0.802. The van der Waals surface area contributed by atoms with E-state index in [2.05, 4.69) is 38.4 Å². The minimum Gasteiger partial charge on any atom is -0.301 e. The van der Waals surface area contributed by atoms with Crippen LogP contribution < -0.4 is 0 Å². The van der Waals surface area contributed by atoms with Crippen molar-refractivity contribution in [3.8, 4) is 0 Å². The average Bonchev–Trinajstić information content (AvgIpc) is 3.47. The van der Waals surface area contributed by atoms with Gasteiger partial charge in [0.2, 0.25) is 0 Å². The van der Waals surface area contributed by atoms with Crippen molar-refractivity contribution in [3.63, 3.8) is 0 Å². The Morgan fingerprint density at radius 3 is 2.61 bits per heavy atom. The molecule has 0 spiro atoms. The van der Waals surface area contributed by atoms with E-state index < -0.39 is 0 Å². The molecule has 2 heterocycles. The summed E-state index contributed by atoms with van der Waals surface area (Å²) in [6.07, 6.45) is 6.25. The van der Waals surface area contributed by atoms with Crippen molar-refractivity contribution in [2.45, 2.75) is 57.3 Å². The second-order valence-corrected chi connectivity index (χ2v) is 7.59. The fourth-order valence-electron chi connectivity index (χ4n) is 3.69. The molecular weight excluding hydrogens is 304 g/mol. The van der Waals surface area contributed by atoms with Crippen LogP contribution in [0.15, 0.2) is 24.3 Å². The zero-order valence-electron chi connectivity index (χ0n) is 13.3. The Balaban J connectivity index is 1.41. The van der Waals surface area contributed by atoms with Crippen LogP contribution in [0.5, 0.6) is 0 Å². The molecule has 1 aromatic heterocycles. The second kappa shape index (κ2) is 5.28. The molecule has 1 aromatic carbocycles. The fourth-order valence-corrected chi connectivity index (χ4v) is 4.03. The van der Waals surface area contributed by atoms with Gasteiger partial charge in [-0.2, -0.15) is 5.10 Å². The molecule has 0 saturated heterocycles. The topological polar surface area (TPSA) is 26.0 Å². The summed E-state index contributed by atoms with van der Waals surface area (Å²) < 4.78 is 5.38. The maximum absolute atomic E-state index is 5.76. The van der Waals surface area contributed by atoms with Gasteiger partial charge in [0.05, 0.1) is 6.67 Å². The van der Waals surface area contributed by atoms with E-state index in [1.165, 1.54) is 42.6 Å². The van der Waals surface area contributed by atoms with Gasteiger partial charge < -0.3 is 4.57 Å². The summed E-state index contributed by atoms with van der Waals surface area (Å²) in [6, 6.07) is 9.42. The van der Waals surface area contributed by atoms with E-state index in [1.807, 2.05) is 0 Å². The molecule has 2 saturated carbocycles. The molecule has 2 aromatic rings. The van der Waals surface area contributed by atoms with Gasteiger partial charge in [-0.3, -0.25) is 4.90 Å². The number of fused-ring (bicyclic) bond motifs is 1. The van der Waals surface area contributed by atoms with E-state index in [-0.39, 0.29) is 0 Å². The van der Waals surface area contributed by atoms with Crippen molar-refractivity contribution >= 4 is 12.2 Å².